The predicted molar refractivity (Wildman–Crippen MR) is 131 cm³/mol. The molecule has 2 aromatic carbocycles. The summed E-state index contributed by atoms with van der Waals surface area (Å²) in [7, 11) is 0. The number of rotatable bonds is 6. The van der Waals surface area contributed by atoms with E-state index in [9.17, 15) is 4.79 Å². The second kappa shape index (κ2) is 7.94. The predicted octanol–water partition coefficient (Wildman–Crippen LogP) is 5.46. The van der Waals surface area contributed by atoms with Crippen LogP contribution < -0.4 is 5.84 Å². The molecule has 4 aliphatic carbocycles. The van der Waals surface area contributed by atoms with Crippen molar-refractivity contribution in [3.63, 3.8) is 0 Å². The van der Waals surface area contributed by atoms with Crippen LogP contribution in [0.5, 0.6) is 0 Å². The van der Waals surface area contributed by atoms with Crippen LogP contribution in [0.4, 0.5) is 0 Å². The first-order valence-corrected chi connectivity index (χ1v) is 12.5. The third-order valence-corrected chi connectivity index (χ3v) is 8.68. The Morgan fingerprint density at radius 2 is 1.52 bits per heavy atom. The zero-order valence-corrected chi connectivity index (χ0v) is 19.6. The number of hydrogen-bond donors (Lipinski definition) is 1. The molecule has 4 bridgehead atoms. The van der Waals surface area contributed by atoms with Crippen molar-refractivity contribution in [3.8, 4) is 0 Å². The molecule has 1 unspecified atom stereocenters. The molecule has 4 fully saturated rings. The summed E-state index contributed by atoms with van der Waals surface area (Å²) in [6.07, 6.45) is 7.89. The standard InChI is InChI=1S/C27H30N4OS/c28-30-25(27-15-18-11-19(16-27)13-20(12-18)17-27)29-31(26(30)33)23(21-7-3-1-4-8-21)14-24(32)22-9-5-2-6-10-22/h1-10,18-20,23H,11-17,28H2. The van der Waals surface area contributed by atoms with Gasteiger partial charge in [0.05, 0.1) is 6.04 Å². The second-order valence-electron chi connectivity index (χ2n) is 10.5. The highest BCUT2D eigenvalue weighted by Gasteiger charge is 2.54. The van der Waals surface area contributed by atoms with Crippen LogP contribution in [-0.4, -0.2) is 20.2 Å². The maximum Gasteiger partial charge on any atom is 0.217 e. The lowest BCUT2D eigenvalue weighted by Gasteiger charge is -2.55. The Kier molecular flexibility index (Phi) is 5.02. The van der Waals surface area contributed by atoms with Crippen LogP contribution in [0.15, 0.2) is 60.7 Å². The van der Waals surface area contributed by atoms with Crippen molar-refractivity contribution >= 4 is 18.0 Å². The molecule has 2 N–H and O–H groups in total. The van der Waals surface area contributed by atoms with E-state index >= 15 is 0 Å². The lowest BCUT2D eigenvalue weighted by atomic mass is 9.49. The number of nitrogens with two attached hydrogens (primary N) is 1. The SMILES string of the molecule is Nn1c(C23CC4CC(CC(C4)C2)C3)nn(C(CC(=O)c2ccccc2)c2ccccc2)c1=S. The number of aromatic nitrogens is 3. The zero-order chi connectivity index (χ0) is 22.6. The van der Waals surface area contributed by atoms with E-state index in [1.165, 1.54) is 38.5 Å². The minimum absolute atomic E-state index is 0.0347. The lowest BCUT2D eigenvalue weighted by molar-refractivity contribution is -0.0107. The first kappa shape index (κ1) is 20.8. The fourth-order valence-electron chi connectivity index (χ4n) is 7.28. The fourth-order valence-corrected chi connectivity index (χ4v) is 7.54. The van der Waals surface area contributed by atoms with Crippen molar-refractivity contribution < 1.29 is 4.79 Å². The molecule has 1 heterocycles. The van der Waals surface area contributed by atoms with Crippen molar-refractivity contribution in [1.29, 1.82) is 0 Å². The molecular formula is C27H30N4OS. The van der Waals surface area contributed by atoms with Crippen molar-refractivity contribution in [2.24, 2.45) is 17.8 Å². The molecule has 7 rings (SSSR count). The van der Waals surface area contributed by atoms with Gasteiger partial charge in [0.15, 0.2) is 11.6 Å². The maximum atomic E-state index is 13.2. The highest BCUT2D eigenvalue weighted by molar-refractivity contribution is 7.71. The Morgan fingerprint density at radius 1 is 0.970 bits per heavy atom. The Labute approximate surface area is 199 Å². The van der Waals surface area contributed by atoms with Gasteiger partial charge in [0.2, 0.25) is 4.77 Å². The van der Waals surface area contributed by atoms with Gasteiger partial charge < -0.3 is 5.84 Å². The molecule has 5 nitrogen and oxygen atoms in total. The van der Waals surface area contributed by atoms with Gasteiger partial charge in [-0.3, -0.25) is 4.79 Å². The number of nitrogen functional groups attached to an aromatic ring is 1. The molecule has 1 aromatic heterocycles. The smallest absolute Gasteiger partial charge is 0.217 e. The Balaban J connectivity index is 1.41. The van der Waals surface area contributed by atoms with Gasteiger partial charge in [-0.2, -0.15) is 5.10 Å². The normalized spacial score (nSPS) is 28.7. The average molecular weight is 459 g/mol. The molecule has 0 saturated heterocycles. The van der Waals surface area contributed by atoms with E-state index in [2.05, 4.69) is 0 Å². The zero-order valence-electron chi connectivity index (χ0n) is 18.8. The summed E-state index contributed by atoms with van der Waals surface area (Å²) < 4.78 is 4.00. The molecule has 0 spiro atoms. The van der Waals surface area contributed by atoms with Gasteiger partial charge in [0.1, 0.15) is 0 Å². The molecular weight excluding hydrogens is 428 g/mol. The third-order valence-electron chi connectivity index (χ3n) is 8.30. The lowest BCUT2D eigenvalue weighted by Crippen LogP contribution is -2.50. The summed E-state index contributed by atoms with van der Waals surface area (Å²) >= 11 is 5.84. The van der Waals surface area contributed by atoms with Gasteiger partial charge >= 0.3 is 0 Å². The van der Waals surface area contributed by atoms with E-state index in [0.29, 0.717) is 16.8 Å². The van der Waals surface area contributed by atoms with Gasteiger partial charge in [-0.25, -0.2) is 9.36 Å². The van der Waals surface area contributed by atoms with Crippen LogP contribution in [0, 0.1) is 22.5 Å². The van der Waals surface area contributed by atoms with Gasteiger partial charge in [-0.15, -0.1) is 0 Å². The first-order valence-electron chi connectivity index (χ1n) is 12.1. The van der Waals surface area contributed by atoms with E-state index in [4.69, 9.17) is 23.2 Å². The number of ketones is 1. The van der Waals surface area contributed by atoms with Gasteiger partial charge in [0, 0.05) is 17.4 Å². The van der Waals surface area contributed by atoms with Gasteiger partial charge in [0.25, 0.3) is 0 Å². The second-order valence-corrected chi connectivity index (χ2v) is 10.9. The van der Waals surface area contributed by atoms with Crippen molar-refractivity contribution in [3.05, 3.63) is 82.4 Å². The van der Waals surface area contributed by atoms with E-state index in [1.807, 2.05) is 65.3 Å². The summed E-state index contributed by atoms with van der Waals surface area (Å²) in [5, 5.41) is 5.12. The van der Waals surface area contributed by atoms with Gasteiger partial charge in [-0.05, 0) is 74.1 Å². The van der Waals surface area contributed by atoms with Crippen LogP contribution in [-0.2, 0) is 5.41 Å². The Bertz CT molecular complexity index is 1190. The topological polar surface area (TPSA) is 65.8 Å². The van der Waals surface area contributed by atoms with E-state index in [0.717, 1.165) is 29.1 Å². The first-order chi connectivity index (χ1) is 16.0. The molecule has 4 saturated carbocycles. The maximum absolute atomic E-state index is 13.2. The molecule has 170 valence electrons. The average Bonchev–Trinajstić information content (AvgIpc) is 3.12. The molecule has 0 amide bonds. The Hall–Kier alpha value is -2.73. The number of carbonyl (C=O) groups is 1. The molecule has 0 radical (unpaired) electrons. The number of carbonyl (C=O) groups excluding carboxylic acids is 1. The number of Topliss-reactive ketones (excluding diaryl/α,β-unsaturated/α-hetero) is 1. The molecule has 3 aromatic rings. The van der Waals surface area contributed by atoms with Crippen LogP contribution >= 0.6 is 12.2 Å². The summed E-state index contributed by atoms with van der Waals surface area (Å²) in [6.45, 7) is 0. The van der Waals surface area contributed by atoms with Crippen LogP contribution in [0.2, 0.25) is 0 Å². The van der Waals surface area contributed by atoms with Crippen LogP contribution in [0.1, 0.15) is 72.7 Å². The Morgan fingerprint density at radius 3 is 2.09 bits per heavy atom. The number of benzene rings is 2. The van der Waals surface area contributed by atoms with Crippen molar-refractivity contribution in [2.45, 2.75) is 56.4 Å². The number of nitrogens with zero attached hydrogens (tertiary/aromatic N) is 3. The van der Waals surface area contributed by atoms with E-state index in [1.54, 1.807) is 4.68 Å². The summed E-state index contributed by atoms with van der Waals surface area (Å²) in [5.41, 5.74) is 1.76. The number of hydrogen-bond acceptors (Lipinski definition) is 4. The quantitative estimate of drug-likeness (QED) is 0.303. The van der Waals surface area contributed by atoms with Crippen LogP contribution in [0.25, 0.3) is 0 Å². The van der Waals surface area contributed by atoms with Crippen LogP contribution in [0.3, 0.4) is 0 Å². The summed E-state index contributed by atoms with van der Waals surface area (Å²) in [4.78, 5) is 13.2. The molecule has 6 heteroatoms. The fraction of sp³-hybridized carbons (Fsp3) is 0.444. The third kappa shape index (κ3) is 3.55. The molecule has 4 aliphatic rings. The monoisotopic (exact) mass is 458 g/mol. The largest absolute Gasteiger partial charge is 0.335 e. The molecule has 33 heavy (non-hydrogen) atoms. The highest BCUT2D eigenvalue weighted by atomic mass is 32.1. The molecule has 1 atom stereocenters. The van der Waals surface area contributed by atoms with Crippen molar-refractivity contribution in [1.82, 2.24) is 14.5 Å². The summed E-state index contributed by atoms with van der Waals surface area (Å²) in [5.74, 6) is 10.0. The van der Waals surface area contributed by atoms with E-state index in [-0.39, 0.29) is 17.2 Å². The summed E-state index contributed by atoms with van der Waals surface area (Å²) in [6, 6.07) is 19.2. The highest BCUT2D eigenvalue weighted by Crippen LogP contribution is 2.60. The van der Waals surface area contributed by atoms with Crippen molar-refractivity contribution in [2.75, 3.05) is 5.84 Å². The molecule has 0 aliphatic heterocycles. The minimum Gasteiger partial charge on any atom is -0.335 e. The van der Waals surface area contributed by atoms with E-state index < -0.39 is 0 Å². The van der Waals surface area contributed by atoms with Gasteiger partial charge in [-0.1, -0.05) is 60.7 Å². The minimum atomic E-state index is -0.288.